The number of nitrogens with one attached hydrogen (secondary N) is 1. The number of aliphatic hydroxyl groups excluding tert-OH is 4. The summed E-state index contributed by atoms with van der Waals surface area (Å²) in [5, 5.41) is 40.8. The molecule has 3 aliphatic rings. The molecule has 1 saturated carbocycles. The quantitative estimate of drug-likeness (QED) is 0.228. The molecule has 39 heavy (non-hydrogen) atoms. The summed E-state index contributed by atoms with van der Waals surface area (Å²) in [6.45, 7) is 2.03. The van der Waals surface area contributed by atoms with Crippen molar-refractivity contribution in [2.45, 2.75) is 74.7 Å². The molecular formula is C28H38N2O8S. The van der Waals surface area contributed by atoms with Gasteiger partial charge in [-0.25, -0.2) is 4.79 Å². The number of methoxy groups -OCH3 is 1. The van der Waals surface area contributed by atoms with Crippen LogP contribution in [0.2, 0.25) is 0 Å². The molecule has 1 saturated heterocycles. The molecule has 214 valence electrons. The number of carbonyl (C=O) groups excluding carboxylic acids is 1. The lowest BCUT2D eigenvalue weighted by molar-refractivity contribution is -0.147. The minimum absolute atomic E-state index is 0.0900. The van der Waals surface area contributed by atoms with Crippen LogP contribution in [0.3, 0.4) is 0 Å². The van der Waals surface area contributed by atoms with Gasteiger partial charge in [0, 0.05) is 30.5 Å². The minimum Gasteiger partial charge on any atom is -0.505 e. The fourth-order valence-electron chi connectivity index (χ4n) is 5.79. The van der Waals surface area contributed by atoms with E-state index in [-0.39, 0.29) is 11.0 Å². The molecule has 2 aromatic rings. The van der Waals surface area contributed by atoms with E-state index in [0.717, 1.165) is 44.7 Å². The second kappa shape index (κ2) is 13.1. The number of pyridine rings is 1. The number of esters is 1. The average molecular weight is 563 g/mol. The van der Waals surface area contributed by atoms with E-state index in [1.165, 1.54) is 36.3 Å². The summed E-state index contributed by atoms with van der Waals surface area (Å²) in [6.07, 6.45) is 7.46. The molecule has 2 fully saturated rings. The predicted molar refractivity (Wildman–Crippen MR) is 145 cm³/mol. The monoisotopic (exact) mass is 562 g/mol. The zero-order valence-electron chi connectivity index (χ0n) is 22.2. The Balaban J connectivity index is 0.000000247. The Hall–Kier alpha value is -2.70. The van der Waals surface area contributed by atoms with E-state index in [1.54, 1.807) is 18.4 Å². The lowest BCUT2D eigenvalue weighted by atomic mass is 9.68. The summed E-state index contributed by atoms with van der Waals surface area (Å²) in [6, 6.07) is 8.41. The van der Waals surface area contributed by atoms with Gasteiger partial charge in [0.2, 0.25) is 5.76 Å². The molecular weight excluding hydrogens is 524 g/mol. The Labute approximate surface area is 232 Å². The second-order valence-electron chi connectivity index (χ2n) is 10.3. The van der Waals surface area contributed by atoms with Crippen molar-refractivity contribution >= 4 is 17.3 Å². The van der Waals surface area contributed by atoms with E-state index in [0.29, 0.717) is 0 Å². The summed E-state index contributed by atoms with van der Waals surface area (Å²) >= 11 is 1.75. The fraction of sp³-hybridized carbons (Fsp3) is 0.571. The van der Waals surface area contributed by atoms with Crippen molar-refractivity contribution in [3.8, 4) is 5.75 Å². The summed E-state index contributed by atoms with van der Waals surface area (Å²) in [5.41, 5.74) is 1.46. The molecule has 1 spiro atoms. The first-order valence-electron chi connectivity index (χ1n) is 13.3. The van der Waals surface area contributed by atoms with Gasteiger partial charge < -0.3 is 40.0 Å². The van der Waals surface area contributed by atoms with Gasteiger partial charge in [0.1, 0.15) is 11.9 Å². The molecule has 1 aliphatic carbocycles. The zero-order chi connectivity index (χ0) is 27.9. The Morgan fingerprint density at radius 2 is 2.03 bits per heavy atom. The van der Waals surface area contributed by atoms with Gasteiger partial charge in [-0.1, -0.05) is 18.9 Å². The molecule has 10 nitrogen and oxygen atoms in total. The van der Waals surface area contributed by atoms with E-state index >= 15 is 0 Å². The van der Waals surface area contributed by atoms with Gasteiger partial charge >= 0.3 is 5.97 Å². The summed E-state index contributed by atoms with van der Waals surface area (Å²) in [5.74, 6) is -1.79. The Kier molecular flexibility index (Phi) is 9.84. The van der Waals surface area contributed by atoms with E-state index in [4.69, 9.17) is 34.9 Å². The van der Waals surface area contributed by atoms with E-state index in [9.17, 15) is 4.79 Å². The van der Waals surface area contributed by atoms with Crippen LogP contribution >= 0.6 is 11.3 Å². The van der Waals surface area contributed by atoms with Crippen molar-refractivity contribution in [1.82, 2.24) is 10.3 Å². The van der Waals surface area contributed by atoms with Crippen molar-refractivity contribution in [2.24, 2.45) is 0 Å². The van der Waals surface area contributed by atoms with Crippen molar-refractivity contribution in [3.05, 3.63) is 57.9 Å². The first-order valence-corrected chi connectivity index (χ1v) is 14.2. The highest BCUT2D eigenvalue weighted by Gasteiger charge is 2.48. The van der Waals surface area contributed by atoms with Crippen molar-refractivity contribution < 1.29 is 39.4 Å². The van der Waals surface area contributed by atoms with Crippen LogP contribution in [0, 0.1) is 0 Å². The van der Waals surface area contributed by atoms with E-state index in [2.05, 4.69) is 27.6 Å². The highest BCUT2D eigenvalue weighted by molar-refractivity contribution is 7.10. The molecule has 11 heteroatoms. The molecule has 3 atom stereocenters. The number of cyclic esters (lactones) is 1. The smallest absolute Gasteiger partial charge is 0.377 e. The van der Waals surface area contributed by atoms with Crippen molar-refractivity contribution in [1.29, 1.82) is 0 Å². The molecule has 2 aliphatic heterocycles. The van der Waals surface area contributed by atoms with Crippen LogP contribution in [0.4, 0.5) is 0 Å². The summed E-state index contributed by atoms with van der Waals surface area (Å²) in [7, 11) is 1.74. The maximum atomic E-state index is 10.5. The van der Waals surface area contributed by atoms with Crippen LogP contribution in [-0.2, 0) is 26.2 Å². The zero-order valence-corrected chi connectivity index (χ0v) is 23.0. The maximum Gasteiger partial charge on any atom is 0.377 e. The number of rotatable bonds is 9. The van der Waals surface area contributed by atoms with Gasteiger partial charge in [-0.15, -0.1) is 11.3 Å². The number of thiophene rings is 1. The van der Waals surface area contributed by atoms with Crippen molar-refractivity contribution in [3.63, 3.8) is 0 Å². The third-order valence-electron chi connectivity index (χ3n) is 7.84. The van der Waals surface area contributed by atoms with Gasteiger partial charge in [-0.2, -0.15) is 0 Å². The molecule has 5 rings (SSSR count). The number of hydrogen-bond donors (Lipinski definition) is 5. The fourth-order valence-corrected chi connectivity index (χ4v) is 6.60. The maximum absolute atomic E-state index is 10.5. The number of nitrogens with zero attached hydrogens (tertiary/aromatic N) is 1. The molecule has 0 radical (unpaired) electrons. The van der Waals surface area contributed by atoms with Crippen LogP contribution in [-0.4, -0.2) is 76.1 Å². The van der Waals surface area contributed by atoms with Crippen LogP contribution in [0.5, 0.6) is 5.75 Å². The highest BCUT2D eigenvalue weighted by atomic mass is 32.1. The van der Waals surface area contributed by atoms with Gasteiger partial charge in [0.05, 0.1) is 24.2 Å². The van der Waals surface area contributed by atoms with Crippen LogP contribution in [0.25, 0.3) is 0 Å². The summed E-state index contributed by atoms with van der Waals surface area (Å²) < 4.78 is 16.1. The molecule has 0 amide bonds. The normalized spacial score (nSPS) is 24.8. The molecule has 1 unspecified atom stereocenters. The lowest BCUT2D eigenvalue weighted by Crippen LogP contribution is -2.47. The van der Waals surface area contributed by atoms with E-state index in [1.807, 2.05) is 18.3 Å². The second-order valence-corrected chi connectivity index (χ2v) is 11.3. The molecule has 0 bridgehead atoms. The Morgan fingerprint density at radius 3 is 2.67 bits per heavy atom. The number of carbonyl (C=O) groups is 1. The lowest BCUT2D eigenvalue weighted by Gasteiger charge is -2.46. The summed E-state index contributed by atoms with van der Waals surface area (Å²) in [4.78, 5) is 16.6. The predicted octanol–water partition coefficient (Wildman–Crippen LogP) is 3.29. The molecule has 2 aromatic heterocycles. The standard InChI is InChI=1S/C22H30N2O2S.C6H8O6/c1-25-18-7-15-27-19(18)16-23-13-10-21(20-6-2-5-12-24-20)11-14-26-22(17-21)8-3-4-9-22;7-1-2(8)5-3(9)4(10)6(11)12-5/h2,5-7,12,15,23H,3-4,8-11,13-14,16-17H2,1H3;2,5,7-10H,1H2/t21-;2?,5-/m11/s1. The Bertz CT molecular complexity index is 1120. The number of ether oxygens (including phenoxy) is 3. The SMILES string of the molecule is COc1ccsc1CNCC[C@@]1(c2ccccn2)CCOC2(CCCC2)C1.O=C1O[C@H](C(O)CO)C(O)=C1O. The molecule has 4 heterocycles. The largest absolute Gasteiger partial charge is 0.505 e. The third-order valence-corrected chi connectivity index (χ3v) is 8.74. The highest BCUT2D eigenvalue weighted by Crippen LogP contribution is 2.49. The van der Waals surface area contributed by atoms with Crippen molar-refractivity contribution in [2.75, 3.05) is 26.9 Å². The van der Waals surface area contributed by atoms with Gasteiger partial charge in [0.25, 0.3) is 0 Å². The van der Waals surface area contributed by atoms with Gasteiger partial charge in [-0.3, -0.25) is 4.98 Å². The topological polar surface area (TPSA) is 151 Å². The van der Waals surface area contributed by atoms with Gasteiger partial charge in [-0.05, 0) is 62.2 Å². The van der Waals surface area contributed by atoms with E-state index < -0.39 is 36.3 Å². The third kappa shape index (κ3) is 6.72. The first-order chi connectivity index (χ1) is 18.8. The van der Waals surface area contributed by atoms with Crippen LogP contribution in [0.15, 0.2) is 47.4 Å². The molecule has 5 N–H and O–H groups in total. The number of aliphatic hydroxyl groups is 4. The Morgan fingerprint density at radius 1 is 1.23 bits per heavy atom. The minimum atomic E-state index is -1.42. The number of hydrogen-bond acceptors (Lipinski definition) is 11. The molecule has 0 aromatic carbocycles. The van der Waals surface area contributed by atoms with Crippen LogP contribution in [0.1, 0.15) is 55.5 Å². The average Bonchev–Trinajstić information content (AvgIpc) is 3.68. The first kappa shape index (κ1) is 29.3. The van der Waals surface area contributed by atoms with Crippen LogP contribution < -0.4 is 10.1 Å². The van der Waals surface area contributed by atoms with Gasteiger partial charge in [0.15, 0.2) is 11.9 Å². The number of aromatic nitrogens is 1.